The minimum absolute atomic E-state index is 0.118. The highest BCUT2D eigenvalue weighted by atomic mass is 16.2. The topological polar surface area (TPSA) is 112 Å². The molecule has 0 aliphatic carbocycles. The maximum Gasteiger partial charge on any atom is 0.324 e. The van der Waals surface area contributed by atoms with Gasteiger partial charge >= 0.3 is 6.03 Å². The summed E-state index contributed by atoms with van der Waals surface area (Å²) in [6, 6.07) is 6.57. The van der Waals surface area contributed by atoms with Crippen LogP contribution in [0.3, 0.4) is 0 Å². The molecule has 4 amide bonds. The van der Waals surface area contributed by atoms with Crippen LogP contribution < -0.4 is 10.6 Å². The number of nitrogens with one attached hydrogen (secondary N) is 3. The van der Waals surface area contributed by atoms with Gasteiger partial charge in [-0.2, -0.15) is 5.10 Å². The molecule has 0 spiro atoms. The predicted octanol–water partition coefficient (Wildman–Crippen LogP) is 2.57. The normalized spacial score (nSPS) is 16.2. The number of aromatic nitrogens is 3. The Hall–Kier alpha value is -3.62. The number of imide groups is 1. The molecule has 1 aromatic carbocycles. The minimum Gasteiger partial charge on any atom is -0.361 e. The third kappa shape index (κ3) is 4.30. The number of carbonyl (C=O) groups excluding carboxylic acids is 3. The molecule has 1 fully saturated rings. The van der Waals surface area contributed by atoms with Crippen LogP contribution in [0.25, 0.3) is 10.9 Å². The van der Waals surface area contributed by atoms with Crippen molar-refractivity contribution >= 4 is 34.4 Å². The third-order valence-electron chi connectivity index (χ3n) is 5.45. The number of hydrogen-bond acceptors (Lipinski definition) is 4. The summed E-state index contributed by atoms with van der Waals surface area (Å²) in [7, 11) is 0. The lowest BCUT2D eigenvalue weighted by Crippen LogP contribution is -2.35. The number of fused-ring (bicyclic) bond motifs is 1. The van der Waals surface area contributed by atoms with E-state index in [4.69, 9.17) is 0 Å². The molecule has 162 valence electrons. The fraction of sp³-hybridized carbons (Fsp3) is 0.364. The highest BCUT2D eigenvalue weighted by Gasteiger charge is 2.38. The molecule has 1 aliphatic rings. The molecule has 1 atom stereocenters. The number of benzene rings is 1. The first-order chi connectivity index (χ1) is 15.0. The Labute approximate surface area is 179 Å². The third-order valence-corrected chi connectivity index (χ3v) is 5.45. The van der Waals surface area contributed by atoms with Crippen molar-refractivity contribution in [2.24, 2.45) is 0 Å². The van der Waals surface area contributed by atoms with Gasteiger partial charge in [0.1, 0.15) is 6.04 Å². The molecular formula is C22H26N6O3. The Balaban J connectivity index is 1.35. The molecule has 0 saturated carbocycles. The van der Waals surface area contributed by atoms with Crippen molar-refractivity contribution in [1.82, 2.24) is 25.0 Å². The second-order valence-corrected chi connectivity index (χ2v) is 7.75. The van der Waals surface area contributed by atoms with Crippen LogP contribution in [-0.4, -0.2) is 50.1 Å². The summed E-state index contributed by atoms with van der Waals surface area (Å²) < 4.78 is 1.78. The molecule has 3 N–H and O–H groups in total. The number of carbonyl (C=O) groups is 3. The molecule has 31 heavy (non-hydrogen) atoms. The van der Waals surface area contributed by atoms with Crippen LogP contribution in [0.15, 0.2) is 36.7 Å². The van der Waals surface area contributed by atoms with E-state index in [1.54, 1.807) is 10.9 Å². The lowest BCUT2D eigenvalue weighted by Gasteiger charge is -2.12. The van der Waals surface area contributed by atoms with E-state index in [0.29, 0.717) is 17.8 Å². The number of anilines is 1. The first-order valence-corrected chi connectivity index (χ1v) is 10.5. The maximum atomic E-state index is 12.7. The van der Waals surface area contributed by atoms with E-state index >= 15 is 0 Å². The van der Waals surface area contributed by atoms with Crippen LogP contribution in [0.4, 0.5) is 10.5 Å². The van der Waals surface area contributed by atoms with E-state index in [1.807, 2.05) is 44.3 Å². The minimum atomic E-state index is -0.860. The van der Waals surface area contributed by atoms with Crippen LogP contribution in [0, 0.1) is 6.92 Å². The van der Waals surface area contributed by atoms with Gasteiger partial charge in [0.05, 0.1) is 17.8 Å². The second kappa shape index (κ2) is 8.63. The van der Waals surface area contributed by atoms with Gasteiger partial charge in [-0.1, -0.05) is 25.1 Å². The molecule has 3 heterocycles. The Morgan fingerprint density at radius 1 is 1.23 bits per heavy atom. The van der Waals surface area contributed by atoms with Crippen LogP contribution in [0.5, 0.6) is 0 Å². The van der Waals surface area contributed by atoms with E-state index < -0.39 is 12.1 Å². The number of aryl methyl sites for hydroxylation is 2. The summed E-state index contributed by atoms with van der Waals surface area (Å²) >= 11 is 0. The van der Waals surface area contributed by atoms with Crippen molar-refractivity contribution in [3.8, 4) is 0 Å². The van der Waals surface area contributed by atoms with E-state index in [0.717, 1.165) is 29.4 Å². The molecule has 0 unspecified atom stereocenters. The van der Waals surface area contributed by atoms with Gasteiger partial charge in [-0.3, -0.25) is 19.2 Å². The van der Waals surface area contributed by atoms with Crippen molar-refractivity contribution in [3.05, 3.63) is 47.9 Å². The predicted molar refractivity (Wildman–Crippen MR) is 117 cm³/mol. The molecule has 9 heteroatoms. The highest BCUT2D eigenvalue weighted by Crippen LogP contribution is 2.20. The van der Waals surface area contributed by atoms with Gasteiger partial charge in [-0.05, 0) is 31.4 Å². The number of urea groups is 1. The van der Waals surface area contributed by atoms with Gasteiger partial charge in [0.15, 0.2) is 0 Å². The van der Waals surface area contributed by atoms with Gasteiger partial charge in [0.2, 0.25) is 5.91 Å². The highest BCUT2D eigenvalue weighted by molar-refractivity contribution is 6.07. The van der Waals surface area contributed by atoms with Gasteiger partial charge < -0.3 is 15.6 Å². The van der Waals surface area contributed by atoms with E-state index in [1.165, 1.54) is 4.90 Å². The Morgan fingerprint density at radius 3 is 2.84 bits per heavy atom. The van der Waals surface area contributed by atoms with Crippen molar-refractivity contribution in [2.45, 2.75) is 45.7 Å². The van der Waals surface area contributed by atoms with Crippen LogP contribution >= 0.6 is 0 Å². The summed E-state index contributed by atoms with van der Waals surface area (Å²) in [6.45, 7) is 4.89. The summed E-state index contributed by atoms with van der Waals surface area (Å²) in [5.74, 6) is -0.713. The lowest BCUT2D eigenvalue weighted by molar-refractivity contribution is -0.129. The number of hydrogen-bond donors (Lipinski definition) is 3. The SMILES string of the molecule is CCCn1cc(NC(=O)C[C@H]2NC(=O)N(CCc3c[nH]c4ccccc34)C2=O)c(C)n1. The number of rotatable bonds is 8. The smallest absolute Gasteiger partial charge is 0.324 e. The van der Waals surface area contributed by atoms with Crippen LogP contribution in [-0.2, 0) is 22.6 Å². The quantitative estimate of drug-likeness (QED) is 0.484. The number of nitrogens with zero attached hydrogens (tertiary/aromatic N) is 3. The first-order valence-electron chi connectivity index (χ1n) is 10.5. The Kier molecular flexibility index (Phi) is 5.75. The first kappa shape index (κ1) is 20.6. The molecule has 1 saturated heterocycles. The van der Waals surface area contributed by atoms with E-state index in [-0.39, 0.29) is 24.8 Å². The van der Waals surface area contributed by atoms with Crippen LogP contribution in [0.2, 0.25) is 0 Å². The average molecular weight is 422 g/mol. The van der Waals surface area contributed by atoms with E-state index in [9.17, 15) is 14.4 Å². The average Bonchev–Trinajstić information content (AvgIpc) is 3.38. The zero-order valence-corrected chi connectivity index (χ0v) is 17.6. The molecule has 4 rings (SSSR count). The van der Waals surface area contributed by atoms with Gasteiger partial charge in [-0.15, -0.1) is 0 Å². The Bertz CT molecular complexity index is 1130. The summed E-state index contributed by atoms with van der Waals surface area (Å²) in [5, 5.41) is 10.8. The number of para-hydroxylation sites is 1. The molecule has 3 aromatic rings. The second-order valence-electron chi connectivity index (χ2n) is 7.75. The van der Waals surface area contributed by atoms with Crippen molar-refractivity contribution < 1.29 is 14.4 Å². The summed E-state index contributed by atoms with van der Waals surface area (Å²) in [6.07, 6.45) is 5.03. The van der Waals surface area contributed by atoms with Gasteiger partial charge in [0.25, 0.3) is 5.91 Å². The molecule has 2 aromatic heterocycles. The number of amides is 4. The molecular weight excluding hydrogens is 396 g/mol. The molecule has 9 nitrogen and oxygen atoms in total. The summed E-state index contributed by atoms with van der Waals surface area (Å²) in [5.41, 5.74) is 3.38. The van der Waals surface area contributed by atoms with Crippen LogP contribution in [0.1, 0.15) is 31.0 Å². The largest absolute Gasteiger partial charge is 0.361 e. The van der Waals surface area contributed by atoms with Crippen molar-refractivity contribution in [3.63, 3.8) is 0 Å². The number of H-pyrrole nitrogens is 1. The fourth-order valence-corrected chi connectivity index (χ4v) is 3.87. The summed E-state index contributed by atoms with van der Waals surface area (Å²) in [4.78, 5) is 41.9. The number of aromatic amines is 1. The maximum absolute atomic E-state index is 12.7. The fourth-order valence-electron chi connectivity index (χ4n) is 3.87. The Morgan fingerprint density at radius 2 is 2.03 bits per heavy atom. The van der Waals surface area contributed by atoms with Crippen molar-refractivity contribution in [2.75, 3.05) is 11.9 Å². The molecule has 0 bridgehead atoms. The molecule has 0 radical (unpaired) electrons. The van der Waals surface area contributed by atoms with E-state index in [2.05, 4.69) is 20.7 Å². The standard InChI is InChI=1S/C22H26N6O3/c1-3-9-27-13-19(14(2)26-27)24-20(29)11-18-21(30)28(22(31)25-18)10-8-15-12-23-17-7-5-4-6-16(15)17/h4-7,12-13,18,23H,3,8-11H2,1-2H3,(H,24,29)(H,25,31)/t18-/m1/s1. The monoisotopic (exact) mass is 422 g/mol. The molecule has 1 aliphatic heterocycles. The van der Waals surface area contributed by atoms with Crippen molar-refractivity contribution in [1.29, 1.82) is 0 Å². The zero-order valence-electron chi connectivity index (χ0n) is 17.6. The van der Waals surface area contributed by atoms with Gasteiger partial charge in [-0.25, -0.2) is 4.79 Å². The van der Waals surface area contributed by atoms with Gasteiger partial charge in [0, 0.05) is 36.4 Å². The lowest BCUT2D eigenvalue weighted by atomic mass is 10.1. The zero-order chi connectivity index (χ0) is 22.0.